The van der Waals surface area contributed by atoms with Gasteiger partial charge in [0.2, 0.25) is 0 Å². The molecule has 5 rings (SSSR count). The quantitative estimate of drug-likeness (QED) is 0.452. The summed E-state index contributed by atoms with van der Waals surface area (Å²) in [5.74, 6) is -0.658. The molecule has 0 aliphatic rings. The second-order valence-corrected chi connectivity index (χ2v) is 7.55. The minimum absolute atomic E-state index is 0.126. The van der Waals surface area contributed by atoms with Crippen molar-refractivity contribution >= 4 is 44.4 Å². The standard InChI is InChI=1S/C22H16N4O3S/c1-29-22(28)16-12-30-20-18(16)26(21(27)19(23)24-20)15-8-7-13-9-10-25(17(13)11-15)14-5-3-2-4-6-14/h2-12H,1H3,(H2,23,24). The van der Waals surface area contributed by atoms with Gasteiger partial charge in [-0.2, -0.15) is 0 Å². The molecular weight excluding hydrogens is 400 g/mol. The number of nitrogens with two attached hydrogens (primary N) is 1. The highest BCUT2D eigenvalue weighted by atomic mass is 32.1. The normalized spacial score (nSPS) is 11.2. The Morgan fingerprint density at radius 3 is 2.67 bits per heavy atom. The zero-order valence-corrected chi connectivity index (χ0v) is 16.7. The van der Waals surface area contributed by atoms with Gasteiger partial charge in [0.1, 0.15) is 10.3 Å². The second kappa shape index (κ2) is 6.85. The predicted octanol–water partition coefficient (Wildman–Crippen LogP) is 3.76. The Bertz CT molecular complexity index is 1480. The van der Waals surface area contributed by atoms with Crippen molar-refractivity contribution in [3.05, 3.63) is 82.1 Å². The zero-order valence-electron chi connectivity index (χ0n) is 15.9. The van der Waals surface area contributed by atoms with E-state index in [1.165, 1.54) is 23.0 Å². The number of rotatable bonds is 3. The van der Waals surface area contributed by atoms with Gasteiger partial charge < -0.3 is 15.0 Å². The molecule has 0 amide bonds. The molecule has 3 heterocycles. The summed E-state index contributed by atoms with van der Waals surface area (Å²) < 4.78 is 8.36. The number of hydrogen-bond acceptors (Lipinski definition) is 6. The first-order valence-corrected chi connectivity index (χ1v) is 10.0. The molecule has 0 aliphatic heterocycles. The van der Waals surface area contributed by atoms with Crippen LogP contribution < -0.4 is 11.3 Å². The third-order valence-electron chi connectivity index (χ3n) is 4.99. The largest absolute Gasteiger partial charge is 0.465 e. The molecule has 7 nitrogen and oxygen atoms in total. The van der Waals surface area contributed by atoms with Crippen molar-refractivity contribution < 1.29 is 9.53 Å². The van der Waals surface area contributed by atoms with E-state index in [-0.39, 0.29) is 11.4 Å². The number of benzene rings is 2. The number of fused-ring (bicyclic) bond motifs is 2. The van der Waals surface area contributed by atoms with Crippen molar-refractivity contribution in [1.29, 1.82) is 0 Å². The monoisotopic (exact) mass is 416 g/mol. The van der Waals surface area contributed by atoms with Crippen LogP contribution in [0.25, 0.3) is 32.6 Å². The summed E-state index contributed by atoms with van der Waals surface area (Å²) in [4.78, 5) is 29.9. The maximum absolute atomic E-state index is 13.0. The molecule has 3 aromatic heterocycles. The number of methoxy groups -OCH3 is 1. The smallest absolute Gasteiger partial charge is 0.340 e. The van der Waals surface area contributed by atoms with E-state index >= 15 is 0 Å². The summed E-state index contributed by atoms with van der Waals surface area (Å²) >= 11 is 1.24. The molecule has 0 atom stereocenters. The molecule has 0 spiro atoms. The summed E-state index contributed by atoms with van der Waals surface area (Å²) in [6.45, 7) is 0. The lowest BCUT2D eigenvalue weighted by atomic mass is 10.2. The highest BCUT2D eigenvalue weighted by Crippen LogP contribution is 2.29. The van der Waals surface area contributed by atoms with Gasteiger partial charge in [-0.1, -0.05) is 24.3 Å². The number of thiophene rings is 1. The molecule has 148 valence electrons. The van der Waals surface area contributed by atoms with Crippen molar-refractivity contribution in [2.45, 2.75) is 0 Å². The molecule has 0 bridgehead atoms. The number of anilines is 1. The van der Waals surface area contributed by atoms with Gasteiger partial charge in [0.15, 0.2) is 5.82 Å². The van der Waals surface area contributed by atoms with Crippen LogP contribution in [0.4, 0.5) is 5.82 Å². The lowest BCUT2D eigenvalue weighted by Gasteiger charge is -2.12. The van der Waals surface area contributed by atoms with Gasteiger partial charge in [0.05, 0.1) is 23.9 Å². The fraction of sp³-hybridized carbons (Fsp3) is 0.0455. The first-order chi connectivity index (χ1) is 14.6. The van der Waals surface area contributed by atoms with Crippen molar-refractivity contribution in [2.75, 3.05) is 12.8 Å². The van der Waals surface area contributed by atoms with Gasteiger partial charge in [0, 0.05) is 22.7 Å². The fourth-order valence-corrected chi connectivity index (χ4v) is 4.48. The van der Waals surface area contributed by atoms with Crippen molar-refractivity contribution in [2.24, 2.45) is 0 Å². The van der Waals surface area contributed by atoms with Gasteiger partial charge in [-0.25, -0.2) is 9.78 Å². The Balaban J connectivity index is 1.82. The molecule has 0 unspecified atom stereocenters. The molecule has 0 fully saturated rings. The molecule has 5 aromatic rings. The number of aromatic nitrogens is 3. The van der Waals surface area contributed by atoms with Crippen LogP contribution in [0.2, 0.25) is 0 Å². The molecule has 2 aromatic carbocycles. The number of nitrogens with zero attached hydrogens (tertiary/aromatic N) is 3. The Kier molecular flexibility index (Phi) is 4.14. The molecule has 2 N–H and O–H groups in total. The summed E-state index contributed by atoms with van der Waals surface area (Å²) in [5, 5.41) is 2.65. The summed E-state index contributed by atoms with van der Waals surface area (Å²) in [6, 6.07) is 17.6. The lowest BCUT2D eigenvalue weighted by Crippen LogP contribution is -2.24. The fourth-order valence-electron chi connectivity index (χ4n) is 3.58. The van der Waals surface area contributed by atoms with Gasteiger partial charge in [0.25, 0.3) is 5.56 Å². The Morgan fingerprint density at radius 1 is 1.10 bits per heavy atom. The Labute approximate surface area is 174 Å². The SMILES string of the molecule is COC(=O)c1csc2nc(N)c(=O)n(-c3ccc4ccn(-c5ccccc5)c4c3)c12. The van der Waals surface area contributed by atoms with Crippen molar-refractivity contribution in [1.82, 2.24) is 14.1 Å². The highest BCUT2D eigenvalue weighted by Gasteiger charge is 2.21. The van der Waals surface area contributed by atoms with Gasteiger partial charge in [-0.3, -0.25) is 9.36 Å². The molecule has 0 radical (unpaired) electrons. The number of para-hydroxylation sites is 1. The molecule has 30 heavy (non-hydrogen) atoms. The van der Waals surface area contributed by atoms with E-state index in [4.69, 9.17) is 10.5 Å². The number of carbonyl (C=O) groups is 1. The van der Waals surface area contributed by atoms with Crippen LogP contribution >= 0.6 is 11.3 Å². The molecular formula is C22H16N4O3S. The van der Waals surface area contributed by atoms with E-state index in [9.17, 15) is 9.59 Å². The maximum atomic E-state index is 13.0. The average molecular weight is 416 g/mol. The van der Waals surface area contributed by atoms with Gasteiger partial charge in [-0.05, 0) is 30.3 Å². The van der Waals surface area contributed by atoms with E-state index in [1.807, 2.05) is 65.4 Å². The van der Waals surface area contributed by atoms with Gasteiger partial charge in [-0.15, -0.1) is 11.3 Å². The number of hydrogen-bond donors (Lipinski definition) is 1. The average Bonchev–Trinajstić information content (AvgIpc) is 3.38. The van der Waals surface area contributed by atoms with E-state index < -0.39 is 11.5 Å². The van der Waals surface area contributed by atoms with Crippen LogP contribution in [0.15, 0.2) is 71.0 Å². The lowest BCUT2D eigenvalue weighted by molar-refractivity contribution is 0.0603. The number of carbonyl (C=O) groups excluding carboxylic acids is 1. The van der Waals surface area contributed by atoms with E-state index in [0.29, 0.717) is 16.0 Å². The van der Waals surface area contributed by atoms with Crippen LogP contribution in [0.3, 0.4) is 0 Å². The van der Waals surface area contributed by atoms with Crippen LogP contribution in [0.5, 0.6) is 0 Å². The van der Waals surface area contributed by atoms with Gasteiger partial charge >= 0.3 is 5.97 Å². The van der Waals surface area contributed by atoms with Crippen LogP contribution in [-0.4, -0.2) is 27.2 Å². The molecule has 0 saturated heterocycles. The van der Waals surface area contributed by atoms with Crippen molar-refractivity contribution in [3.8, 4) is 11.4 Å². The minimum atomic E-state index is -0.533. The van der Waals surface area contributed by atoms with Crippen LogP contribution in [0.1, 0.15) is 10.4 Å². The zero-order chi connectivity index (χ0) is 20.8. The number of nitrogen functional groups attached to an aromatic ring is 1. The summed E-state index contributed by atoms with van der Waals surface area (Å²) in [6.07, 6.45) is 1.98. The molecule has 8 heteroatoms. The van der Waals surface area contributed by atoms with E-state index in [0.717, 1.165) is 16.6 Å². The highest BCUT2D eigenvalue weighted by molar-refractivity contribution is 7.17. The topological polar surface area (TPSA) is 92.1 Å². The van der Waals surface area contributed by atoms with Crippen molar-refractivity contribution in [3.63, 3.8) is 0 Å². The first-order valence-electron chi connectivity index (χ1n) is 9.13. The summed E-state index contributed by atoms with van der Waals surface area (Å²) in [5.41, 5.74) is 8.59. The summed E-state index contributed by atoms with van der Waals surface area (Å²) in [7, 11) is 1.30. The first kappa shape index (κ1) is 18.1. The van der Waals surface area contributed by atoms with Crippen LogP contribution in [-0.2, 0) is 4.74 Å². The maximum Gasteiger partial charge on any atom is 0.340 e. The minimum Gasteiger partial charge on any atom is -0.465 e. The second-order valence-electron chi connectivity index (χ2n) is 6.70. The number of ether oxygens (including phenoxy) is 1. The third kappa shape index (κ3) is 2.69. The Hall–Kier alpha value is -3.91. The molecule has 0 aliphatic carbocycles. The van der Waals surface area contributed by atoms with E-state index in [1.54, 1.807) is 5.38 Å². The van der Waals surface area contributed by atoms with Crippen LogP contribution in [0, 0.1) is 0 Å². The predicted molar refractivity (Wildman–Crippen MR) is 118 cm³/mol. The molecule has 0 saturated carbocycles. The van der Waals surface area contributed by atoms with E-state index in [2.05, 4.69) is 4.98 Å². The number of esters is 1. The Morgan fingerprint density at radius 2 is 1.90 bits per heavy atom. The third-order valence-corrected chi connectivity index (χ3v) is 5.85.